The van der Waals surface area contributed by atoms with Crippen molar-refractivity contribution in [1.29, 1.82) is 0 Å². The minimum atomic E-state index is -0.209. The molecule has 12 heavy (non-hydrogen) atoms. The quantitative estimate of drug-likeness (QED) is 0.543. The number of hydrogen-bond acceptors (Lipinski definition) is 2. The molecule has 0 atom stereocenters. The number of carbonyl (C=O) groups is 1. The molecule has 0 radical (unpaired) electrons. The third kappa shape index (κ3) is 2.15. The average molecular weight is 215 g/mol. The van der Waals surface area contributed by atoms with E-state index in [4.69, 9.17) is 4.74 Å². The van der Waals surface area contributed by atoms with Gasteiger partial charge in [-0.05, 0) is 0 Å². The summed E-state index contributed by atoms with van der Waals surface area (Å²) in [6, 6.07) is 7.54. The molecule has 0 heterocycles. The van der Waals surface area contributed by atoms with E-state index in [-0.39, 0.29) is 5.97 Å². The van der Waals surface area contributed by atoms with Gasteiger partial charge in [0.25, 0.3) is 0 Å². The van der Waals surface area contributed by atoms with Crippen molar-refractivity contribution in [2.24, 2.45) is 0 Å². The molecule has 0 unspecified atom stereocenters. The van der Waals surface area contributed by atoms with Crippen LogP contribution in [0.4, 0.5) is 0 Å². The summed E-state index contributed by atoms with van der Waals surface area (Å²) in [6.07, 6.45) is 0. The molecule has 0 bridgehead atoms. The van der Waals surface area contributed by atoms with Crippen LogP contribution in [0.25, 0.3) is 0 Å². The Bertz CT molecular complexity index is 284. The second-order valence-corrected chi connectivity index (χ2v) is 3.98. The first-order chi connectivity index (χ1) is 5.75. The molecule has 1 aromatic carbocycles. The Balaban J connectivity index is 2.87. The minimum absolute atomic E-state index is 0.209. The molecule has 0 saturated carbocycles. The fourth-order valence-electron chi connectivity index (χ4n) is 0.928. The third-order valence-corrected chi connectivity index (χ3v) is 2.81. The maximum absolute atomic E-state index is 11.3. The van der Waals surface area contributed by atoms with Gasteiger partial charge in [-0.3, -0.25) is 0 Å². The van der Waals surface area contributed by atoms with Crippen LogP contribution in [0.15, 0.2) is 24.3 Å². The van der Waals surface area contributed by atoms with Gasteiger partial charge < -0.3 is 0 Å². The summed E-state index contributed by atoms with van der Waals surface area (Å²) >= 11 is 0.981. The Morgan fingerprint density at radius 2 is 2.17 bits per heavy atom. The molecule has 0 aromatic heterocycles. The van der Waals surface area contributed by atoms with Gasteiger partial charge in [-0.2, -0.15) is 0 Å². The summed E-state index contributed by atoms with van der Waals surface area (Å²) in [7, 11) is 0. The van der Waals surface area contributed by atoms with Crippen molar-refractivity contribution in [1.82, 2.24) is 0 Å². The second-order valence-electron chi connectivity index (χ2n) is 2.38. The molecule has 1 rings (SSSR count). The molecule has 3 heteroatoms. The van der Waals surface area contributed by atoms with Crippen LogP contribution in [0.3, 0.4) is 0 Å². The maximum atomic E-state index is 11.3. The second kappa shape index (κ2) is 4.37. The van der Waals surface area contributed by atoms with Gasteiger partial charge >= 0.3 is 81.3 Å². The van der Waals surface area contributed by atoms with Gasteiger partial charge in [0.1, 0.15) is 0 Å². The SMILES string of the molecule is CCOC(=O)c1cccc[c]1[Zn]. The van der Waals surface area contributed by atoms with E-state index in [1.54, 1.807) is 6.07 Å². The first kappa shape index (κ1) is 9.40. The number of ether oxygens (including phenoxy) is 1. The molecule has 0 spiro atoms. The van der Waals surface area contributed by atoms with Crippen LogP contribution in [0.5, 0.6) is 0 Å². The van der Waals surface area contributed by atoms with Gasteiger partial charge in [0.05, 0.1) is 0 Å². The normalized spacial score (nSPS) is 9.58. The number of benzene rings is 1. The zero-order valence-electron chi connectivity index (χ0n) is 7.04. The number of hydrogen-bond donors (Lipinski definition) is 0. The Kier molecular flexibility index (Phi) is 3.42. The molecule has 0 amide bonds. The van der Waals surface area contributed by atoms with Gasteiger partial charge in [-0.1, -0.05) is 0 Å². The topological polar surface area (TPSA) is 26.3 Å². The zero-order chi connectivity index (χ0) is 8.97. The van der Waals surface area contributed by atoms with E-state index in [2.05, 4.69) is 0 Å². The Labute approximate surface area is 81.6 Å². The van der Waals surface area contributed by atoms with Gasteiger partial charge in [-0.25, -0.2) is 0 Å². The number of esters is 1. The zero-order valence-corrected chi connectivity index (χ0v) is 10.0. The van der Waals surface area contributed by atoms with E-state index >= 15 is 0 Å². The molecule has 0 saturated heterocycles. The predicted octanol–water partition coefficient (Wildman–Crippen LogP) is 1.04. The summed E-state index contributed by atoms with van der Waals surface area (Å²) in [5.41, 5.74) is 0.708. The monoisotopic (exact) mass is 213 g/mol. The van der Waals surface area contributed by atoms with E-state index in [0.29, 0.717) is 12.2 Å². The van der Waals surface area contributed by atoms with Crippen LogP contribution in [0, 0.1) is 0 Å². The Hall–Kier alpha value is -0.687. The first-order valence-electron chi connectivity index (χ1n) is 3.83. The van der Waals surface area contributed by atoms with Crippen LogP contribution in [-0.2, 0) is 23.0 Å². The molecule has 0 aliphatic carbocycles. The van der Waals surface area contributed by atoms with Crippen LogP contribution < -0.4 is 4.16 Å². The number of carbonyl (C=O) groups excluding carboxylic acids is 1. The van der Waals surface area contributed by atoms with Crippen molar-refractivity contribution in [3.63, 3.8) is 0 Å². The summed E-state index contributed by atoms with van der Waals surface area (Å²) in [6.45, 7) is 2.25. The summed E-state index contributed by atoms with van der Waals surface area (Å²) in [5, 5.41) is 0. The van der Waals surface area contributed by atoms with Crippen LogP contribution in [-0.4, -0.2) is 12.6 Å². The van der Waals surface area contributed by atoms with E-state index in [1.807, 2.05) is 25.1 Å². The predicted molar refractivity (Wildman–Crippen MR) is 42.0 cm³/mol. The fraction of sp³-hybridized carbons (Fsp3) is 0.222. The third-order valence-electron chi connectivity index (χ3n) is 1.51. The Morgan fingerprint density at radius 1 is 1.50 bits per heavy atom. The van der Waals surface area contributed by atoms with Crippen LogP contribution in [0.1, 0.15) is 17.3 Å². The molecule has 0 N–H and O–H groups in total. The Morgan fingerprint density at radius 3 is 2.75 bits per heavy atom. The van der Waals surface area contributed by atoms with E-state index in [0.717, 1.165) is 22.5 Å². The molecular formula is C9H9O2Zn. The first-order valence-corrected chi connectivity index (χ1v) is 5.32. The van der Waals surface area contributed by atoms with Crippen molar-refractivity contribution in [2.75, 3.05) is 6.61 Å². The van der Waals surface area contributed by atoms with Crippen molar-refractivity contribution in [3.05, 3.63) is 29.8 Å². The molecule has 1 aromatic rings. The van der Waals surface area contributed by atoms with Crippen LogP contribution in [0.2, 0.25) is 0 Å². The van der Waals surface area contributed by atoms with Crippen LogP contribution >= 0.6 is 0 Å². The summed E-state index contributed by atoms with van der Waals surface area (Å²) < 4.78 is 5.97. The van der Waals surface area contributed by atoms with Gasteiger partial charge in [0.15, 0.2) is 0 Å². The van der Waals surface area contributed by atoms with E-state index in [1.165, 1.54) is 0 Å². The van der Waals surface area contributed by atoms with Gasteiger partial charge in [0, 0.05) is 0 Å². The molecule has 0 aliphatic heterocycles. The average Bonchev–Trinajstić information content (AvgIpc) is 2.05. The van der Waals surface area contributed by atoms with E-state index in [9.17, 15) is 4.79 Å². The van der Waals surface area contributed by atoms with Crippen molar-refractivity contribution >= 4 is 10.1 Å². The molecule has 0 fully saturated rings. The van der Waals surface area contributed by atoms with Crippen molar-refractivity contribution < 1.29 is 27.8 Å². The standard InChI is InChI=1S/C9H9O2.Zn/c1-2-11-9(10)8-6-4-3-5-7-8;/h3-6H,2H2,1H3;. The van der Waals surface area contributed by atoms with E-state index < -0.39 is 0 Å². The molecule has 0 aliphatic rings. The summed E-state index contributed by atoms with van der Waals surface area (Å²) in [4.78, 5) is 11.3. The van der Waals surface area contributed by atoms with Gasteiger partial charge in [-0.15, -0.1) is 0 Å². The van der Waals surface area contributed by atoms with Crippen molar-refractivity contribution in [2.45, 2.75) is 6.92 Å². The van der Waals surface area contributed by atoms with Crippen molar-refractivity contribution in [3.8, 4) is 0 Å². The fourth-order valence-corrected chi connectivity index (χ4v) is 1.76. The summed E-state index contributed by atoms with van der Waals surface area (Å²) in [5.74, 6) is -0.209. The number of rotatable bonds is 2. The molecule has 59 valence electrons. The molecule has 2 nitrogen and oxygen atoms in total. The van der Waals surface area contributed by atoms with Gasteiger partial charge in [0.2, 0.25) is 0 Å². The molecular weight excluding hydrogens is 205 g/mol.